The topological polar surface area (TPSA) is 70.6 Å². The molecule has 0 aliphatic carbocycles. The van der Waals surface area contributed by atoms with Crippen molar-refractivity contribution in [2.24, 2.45) is 0 Å². The molecule has 0 heterocycles. The van der Waals surface area contributed by atoms with Crippen molar-refractivity contribution in [2.75, 3.05) is 10.6 Å². The number of phenolic OH excluding ortho intramolecular Hbond substituents is 1. The third kappa shape index (κ3) is 5.57. The Bertz CT molecular complexity index is 1040. The maximum atomic E-state index is 12.9. The lowest BCUT2D eigenvalue weighted by Crippen LogP contribution is -2.20. The van der Waals surface area contributed by atoms with Crippen LogP contribution in [0.25, 0.3) is 0 Å². The van der Waals surface area contributed by atoms with Gasteiger partial charge in [-0.25, -0.2) is 4.79 Å². The lowest BCUT2D eigenvalue weighted by atomic mass is 10.2. The Labute approximate surface area is 175 Å². The second kappa shape index (κ2) is 8.96. The number of anilines is 2. The van der Waals surface area contributed by atoms with Crippen LogP contribution in [-0.2, 0) is 12.8 Å². The van der Waals surface area contributed by atoms with Gasteiger partial charge in [0.15, 0.2) is 0 Å². The number of phenols is 1. The van der Waals surface area contributed by atoms with E-state index in [1.807, 2.05) is 30.3 Å². The number of halogens is 4. The number of amides is 2. The fourth-order valence-corrected chi connectivity index (χ4v) is 2.78. The van der Waals surface area contributed by atoms with Gasteiger partial charge < -0.3 is 20.5 Å². The van der Waals surface area contributed by atoms with Gasteiger partial charge >= 0.3 is 12.2 Å². The number of benzene rings is 3. The van der Waals surface area contributed by atoms with Crippen molar-refractivity contribution in [2.45, 2.75) is 12.8 Å². The minimum atomic E-state index is -4.65. The summed E-state index contributed by atoms with van der Waals surface area (Å²) in [6.45, 7) is 0.297. The number of hydrogen-bond donors (Lipinski definition) is 3. The largest absolute Gasteiger partial charge is 0.506 e. The molecule has 3 aromatic rings. The van der Waals surface area contributed by atoms with Crippen LogP contribution in [-0.4, -0.2) is 11.1 Å². The molecular weight excluding hydrogens is 421 g/mol. The molecule has 30 heavy (non-hydrogen) atoms. The van der Waals surface area contributed by atoms with Gasteiger partial charge in [-0.05, 0) is 35.9 Å². The van der Waals surface area contributed by atoms with E-state index >= 15 is 0 Å². The highest BCUT2D eigenvalue weighted by Gasteiger charge is 2.33. The van der Waals surface area contributed by atoms with Crippen LogP contribution in [0.3, 0.4) is 0 Å². The average Bonchev–Trinajstić information content (AvgIpc) is 2.69. The van der Waals surface area contributed by atoms with E-state index in [4.69, 9.17) is 16.3 Å². The summed E-state index contributed by atoms with van der Waals surface area (Å²) < 4.78 is 44.3. The van der Waals surface area contributed by atoms with Gasteiger partial charge in [0.1, 0.15) is 18.1 Å². The van der Waals surface area contributed by atoms with Gasteiger partial charge in [-0.1, -0.05) is 41.9 Å². The van der Waals surface area contributed by atoms with Crippen molar-refractivity contribution in [3.8, 4) is 11.5 Å². The second-order valence-corrected chi connectivity index (χ2v) is 6.63. The van der Waals surface area contributed by atoms with Gasteiger partial charge in [0.25, 0.3) is 0 Å². The molecular formula is C21H16ClF3N2O3. The smallest absolute Gasteiger partial charge is 0.417 e. The fourth-order valence-electron chi connectivity index (χ4n) is 2.55. The SMILES string of the molecule is O=C(Nc1ccc(Cl)c(C(F)(F)F)c1)Nc1ccc(OCc2ccccc2)cc1O. The van der Waals surface area contributed by atoms with E-state index in [1.54, 1.807) is 6.07 Å². The van der Waals surface area contributed by atoms with Crippen LogP contribution in [0.5, 0.6) is 11.5 Å². The molecule has 9 heteroatoms. The molecule has 5 nitrogen and oxygen atoms in total. The number of aromatic hydroxyl groups is 1. The highest BCUT2D eigenvalue weighted by molar-refractivity contribution is 6.31. The van der Waals surface area contributed by atoms with Gasteiger partial charge in [0, 0.05) is 11.8 Å². The highest BCUT2D eigenvalue weighted by Crippen LogP contribution is 2.36. The quantitative estimate of drug-likeness (QED) is 0.412. The zero-order valence-corrected chi connectivity index (χ0v) is 16.1. The van der Waals surface area contributed by atoms with E-state index < -0.39 is 22.8 Å². The number of alkyl halides is 3. The molecule has 2 amide bonds. The zero-order chi connectivity index (χ0) is 21.7. The fraction of sp³-hybridized carbons (Fsp3) is 0.0952. The Morgan fingerprint density at radius 2 is 1.73 bits per heavy atom. The molecule has 0 fully saturated rings. The first-order valence-corrected chi connectivity index (χ1v) is 9.04. The monoisotopic (exact) mass is 436 g/mol. The van der Waals surface area contributed by atoms with E-state index in [2.05, 4.69) is 10.6 Å². The number of urea groups is 1. The minimum absolute atomic E-state index is 0.0598. The van der Waals surface area contributed by atoms with Gasteiger partial charge in [-0.15, -0.1) is 0 Å². The molecule has 0 bridgehead atoms. The van der Waals surface area contributed by atoms with E-state index in [0.29, 0.717) is 12.4 Å². The minimum Gasteiger partial charge on any atom is -0.506 e. The number of carbonyl (C=O) groups is 1. The Morgan fingerprint density at radius 1 is 1.00 bits per heavy atom. The molecule has 0 aliphatic heterocycles. The van der Waals surface area contributed by atoms with Crippen LogP contribution in [0, 0.1) is 0 Å². The molecule has 0 radical (unpaired) electrons. The first-order chi connectivity index (χ1) is 14.2. The van der Waals surface area contributed by atoms with Crippen LogP contribution < -0.4 is 15.4 Å². The normalized spacial score (nSPS) is 11.1. The van der Waals surface area contributed by atoms with Crippen molar-refractivity contribution < 1.29 is 27.8 Å². The van der Waals surface area contributed by atoms with Gasteiger partial charge in [-0.3, -0.25) is 0 Å². The third-order valence-corrected chi connectivity index (χ3v) is 4.32. The van der Waals surface area contributed by atoms with Crippen molar-refractivity contribution in [1.82, 2.24) is 0 Å². The summed E-state index contributed by atoms with van der Waals surface area (Å²) >= 11 is 5.55. The lowest BCUT2D eigenvalue weighted by Gasteiger charge is -2.13. The predicted octanol–water partition coefficient (Wildman–Crippen LogP) is 6.29. The first kappa shape index (κ1) is 21.3. The molecule has 3 aromatic carbocycles. The number of carbonyl (C=O) groups excluding carboxylic acids is 1. The van der Waals surface area contributed by atoms with Crippen molar-refractivity contribution in [1.29, 1.82) is 0 Å². The predicted molar refractivity (Wildman–Crippen MR) is 108 cm³/mol. The molecule has 0 atom stereocenters. The lowest BCUT2D eigenvalue weighted by molar-refractivity contribution is -0.137. The molecule has 156 valence electrons. The number of nitrogens with one attached hydrogen (secondary N) is 2. The Balaban J connectivity index is 1.63. The Kier molecular flexibility index (Phi) is 6.37. The van der Waals surface area contributed by atoms with Crippen LogP contribution >= 0.6 is 11.6 Å². The van der Waals surface area contributed by atoms with Crippen LogP contribution in [0.15, 0.2) is 66.7 Å². The van der Waals surface area contributed by atoms with Gasteiger partial charge in [0.2, 0.25) is 0 Å². The van der Waals surface area contributed by atoms with Crippen LogP contribution in [0.4, 0.5) is 29.3 Å². The number of ether oxygens (including phenoxy) is 1. The van der Waals surface area contributed by atoms with E-state index in [9.17, 15) is 23.1 Å². The first-order valence-electron chi connectivity index (χ1n) is 8.67. The van der Waals surface area contributed by atoms with Gasteiger partial charge in [-0.2, -0.15) is 13.2 Å². The average molecular weight is 437 g/mol. The van der Waals surface area contributed by atoms with Crippen LogP contribution in [0.2, 0.25) is 5.02 Å². The molecule has 0 aromatic heterocycles. The summed E-state index contributed by atoms with van der Waals surface area (Å²) in [4.78, 5) is 12.1. The van der Waals surface area contributed by atoms with E-state index in [-0.39, 0.29) is 17.1 Å². The zero-order valence-electron chi connectivity index (χ0n) is 15.3. The van der Waals surface area contributed by atoms with Crippen molar-refractivity contribution in [3.05, 3.63) is 82.9 Å². The summed E-state index contributed by atoms with van der Waals surface area (Å²) in [6, 6.07) is 15.9. The summed E-state index contributed by atoms with van der Waals surface area (Å²) in [5.41, 5.74) is -0.166. The van der Waals surface area contributed by atoms with E-state index in [0.717, 1.165) is 17.7 Å². The van der Waals surface area contributed by atoms with Crippen molar-refractivity contribution >= 4 is 29.0 Å². The van der Waals surface area contributed by atoms with Crippen molar-refractivity contribution in [3.63, 3.8) is 0 Å². The van der Waals surface area contributed by atoms with Crippen LogP contribution in [0.1, 0.15) is 11.1 Å². The number of hydrogen-bond acceptors (Lipinski definition) is 3. The Morgan fingerprint density at radius 3 is 2.40 bits per heavy atom. The van der Waals surface area contributed by atoms with Gasteiger partial charge in [0.05, 0.1) is 16.3 Å². The molecule has 0 saturated heterocycles. The summed E-state index contributed by atoms with van der Waals surface area (Å²) in [7, 11) is 0. The third-order valence-electron chi connectivity index (χ3n) is 4.00. The molecule has 0 unspecified atom stereocenters. The maximum Gasteiger partial charge on any atom is 0.417 e. The molecule has 0 aliphatic rings. The summed E-state index contributed by atoms with van der Waals surface area (Å²) in [6.07, 6.45) is -4.65. The molecule has 3 rings (SSSR count). The molecule has 3 N–H and O–H groups in total. The highest BCUT2D eigenvalue weighted by atomic mass is 35.5. The second-order valence-electron chi connectivity index (χ2n) is 6.22. The number of rotatable bonds is 5. The maximum absolute atomic E-state index is 12.9. The standard InChI is InChI=1S/C21H16ClF3N2O3/c22-17-8-6-14(10-16(17)21(23,24)25)26-20(29)27-18-9-7-15(11-19(18)28)30-12-13-4-2-1-3-5-13/h1-11,28H,12H2,(H2,26,27,29). The summed E-state index contributed by atoms with van der Waals surface area (Å²) in [5.74, 6) is 0.123. The summed E-state index contributed by atoms with van der Waals surface area (Å²) in [5, 5.41) is 14.3. The Hall–Kier alpha value is -3.39. The van der Waals surface area contributed by atoms with E-state index in [1.165, 1.54) is 18.2 Å². The molecule has 0 saturated carbocycles. The molecule has 0 spiro atoms.